The fraction of sp³-hybridized carbons (Fsp3) is 0.220. The van der Waals surface area contributed by atoms with Crippen LogP contribution >= 0.6 is 0 Å². The SMILES string of the molecule is CC(C)c1cccc(C(C)C)c1N1C=CN(c2c(C(C)C)cccc2C(C)C)[CH-]1.CO[CH-]c1ccccc1[CH-]OC.Cc1cc(C)c(N2C=CN(c3c(C)cc(C)cc3C)[CH-]2)c(C)c1.[Ir+3].[Re].[Re].[c-]1ccccc1-c1ccccn1.[c-]1ccccc1-c1ccccn1.[c-]1ccccc1-c1ccccn1. The fourth-order valence-corrected chi connectivity index (χ4v) is 12.2. The zero-order chi connectivity index (χ0) is 71.5. The summed E-state index contributed by atoms with van der Waals surface area (Å²) in [6.45, 7) is 39.1. The third-order valence-corrected chi connectivity index (χ3v) is 16.7. The Balaban J connectivity index is 0.000000230. The van der Waals surface area contributed by atoms with Crippen LogP contribution in [-0.2, 0) is 70.4 Å². The average molecular weight is 1890 g/mol. The van der Waals surface area contributed by atoms with Gasteiger partial charge in [0.05, 0.1) is 0 Å². The maximum absolute atomic E-state index is 4.91. The molecule has 13 rings (SSSR count). The van der Waals surface area contributed by atoms with Crippen LogP contribution in [0.5, 0.6) is 0 Å². The maximum Gasteiger partial charge on any atom is 3.00 e. The molecule has 12 heteroatoms. The predicted octanol–water partition coefficient (Wildman–Crippen LogP) is 23.2. The molecule has 103 heavy (non-hydrogen) atoms. The summed E-state index contributed by atoms with van der Waals surface area (Å²) in [5.74, 6) is 1.92. The molecule has 2 radical (unpaired) electrons. The van der Waals surface area contributed by atoms with Gasteiger partial charge >= 0.3 is 20.1 Å². The van der Waals surface area contributed by atoms with Gasteiger partial charge < -0.3 is 44.0 Å². The van der Waals surface area contributed by atoms with Gasteiger partial charge in [-0.05, 0) is 170 Å². The van der Waals surface area contributed by atoms with Gasteiger partial charge in [-0.15, -0.1) is 146 Å². The van der Waals surface area contributed by atoms with Gasteiger partial charge in [-0.1, -0.05) is 164 Å². The third kappa shape index (κ3) is 24.6. The summed E-state index contributed by atoms with van der Waals surface area (Å²) in [7, 11) is 3.26. The molecule has 0 fully saturated rings. The molecule has 11 aromatic rings. The van der Waals surface area contributed by atoms with Crippen LogP contribution in [0.15, 0.2) is 256 Å². The predicted molar refractivity (Wildman–Crippen MR) is 420 cm³/mol. The average Bonchev–Trinajstić information content (AvgIpc) is 1.69. The molecule has 0 saturated carbocycles. The van der Waals surface area contributed by atoms with Crippen molar-refractivity contribution in [3.63, 3.8) is 0 Å². The zero-order valence-corrected chi connectivity index (χ0v) is 70.2. The van der Waals surface area contributed by atoms with Gasteiger partial charge in [-0.25, -0.2) is 12.1 Å². The van der Waals surface area contributed by atoms with E-state index in [1.807, 2.05) is 152 Å². The Kier molecular flexibility index (Phi) is 36.0. The summed E-state index contributed by atoms with van der Waals surface area (Å²) < 4.78 is 9.83. The third-order valence-electron chi connectivity index (χ3n) is 16.7. The summed E-state index contributed by atoms with van der Waals surface area (Å²) in [5, 5.41) is 0. The first-order valence-electron chi connectivity index (χ1n) is 34.4. The normalized spacial score (nSPS) is 11.7. The van der Waals surface area contributed by atoms with E-state index in [0.717, 1.165) is 44.9 Å². The standard InChI is InChI=1S/C27H37N2.C21H25N2.3C11H8N.C10H12O2.Ir.2Re/c1-18(2)22-11-9-12-23(19(3)4)26(22)28-15-16-29(17-28)27-24(20(5)6)13-10-14-25(27)21(7)8;1-14-9-16(3)20(17(4)10-14)22-7-8-23(13-22)21-18(5)11-15(2)12-19(21)6;3*1-2-6-10(7-3-1)11-8-4-5-9-12-11;1-11-7-9-5-3-4-6-10(9)8-12-2;;;/h9-21H,1-8H3;7-13H,1-6H3;3*1-6,8-9H;3-8H,1-2H3;;;/q5*-1;-2;+3;;. The van der Waals surface area contributed by atoms with E-state index in [-0.39, 0.29) is 61.0 Å². The second-order valence-electron chi connectivity index (χ2n) is 25.9. The zero-order valence-electron chi connectivity index (χ0n) is 62.4. The Morgan fingerprint density at radius 1 is 0.340 bits per heavy atom. The van der Waals surface area contributed by atoms with Crippen LogP contribution in [0.3, 0.4) is 0 Å². The van der Waals surface area contributed by atoms with Crippen molar-refractivity contribution in [3.05, 3.63) is 367 Å². The van der Waals surface area contributed by atoms with Gasteiger partial charge in [0.15, 0.2) is 0 Å². The van der Waals surface area contributed by atoms with Gasteiger partial charge in [-0.3, -0.25) is 11.1 Å². The molecule has 9 nitrogen and oxygen atoms in total. The second kappa shape index (κ2) is 43.6. The van der Waals surface area contributed by atoms with Gasteiger partial charge in [0.25, 0.3) is 0 Å². The molecule has 536 valence electrons. The molecule has 0 unspecified atom stereocenters. The van der Waals surface area contributed by atoms with E-state index >= 15 is 0 Å². The maximum atomic E-state index is 4.91. The topological polar surface area (TPSA) is 70.1 Å². The van der Waals surface area contributed by atoms with Crippen LogP contribution in [0.4, 0.5) is 22.7 Å². The molecule has 0 aliphatic carbocycles. The Hall–Kier alpha value is -8.48. The van der Waals surface area contributed by atoms with Gasteiger partial charge in [0, 0.05) is 96.4 Å². The molecule has 2 aliphatic heterocycles. The van der Waals surface area contributed by atoms with E-state index in [9.17, 15) is 0 Å². The van der Waals surface area contributed by atoms with Crippen LogP contribution in [-0.4, -0.2) is 29.2 Å². The van der Waals surface area contributed by atoms with Crippen LogP contribution < -0.4 is 19.6 Å². The molecule has 0 atom stereocenters. The van der Waals surface area contributed by atoms with E-state index in [1.165, 1.54) is 78.4 Å². The van der Waals surface area contributed by atoms with Gasteiger partial charge in [-0.2, -0.15) is 0 Å². The molecule has 0 bridgehead atoms. The van der Waals surface area contributed by atoms with E-state index in [2.05, 4.69) is 248 Å². The van der Waals surface area contributed by atoms with Crippen molar-refractivity contribution >= 4 is 22.7 Å². The van der Waals surface area contributed by atoms with E-state index < -0.39 is 0 Å². The number of aromatic nitrogens is 3. The molecule has 8 aromatic carbocycles. The number of benzene rings is 8. The van der Waals surface area contributed by atoms with Crippen molar-refractivity contribution < 1.29 is 70.4 Å². The molecule has 0 N–H and O–H groups in total. The Bertz CT molecular complexity index is 3780. The molecular formula is C91H98IrN7O2Re2-4. The molecule has 0 saturated heterocycles. The number of hydrogen-bond donors (Lipinski definition) is 0. The summed E-state index contributed by atoms with van der Waals surface area (Å²) in [4.78, 5) is 21.8. The van der Waals surface area contributed by atoms with E-state index in [4.69, 9.17) is 9.47 Å². The molecule has 2 aliphatic rings. The number of anilines is 4. The Morgan fingerprint density at radius 3 is 0.835 bits per heavy atom. The minimum Gasteiger partial charge on any atom is -0.479 e. The second-order valence-corrected chi connectivity index (χ2v) is 25.9. The van der Waals surface area contributed by atoms with Crippen LogP contribution in [0, 0.1) is 86.3 Å². The quantitative estimate of drug-likeness (QED) is 0.0934. The Morgan fingerprint density at radius 2 is 0.602 bits per heavy atom. The molecular weight excluding hydrogens is 1790 g/mol. The monoisotopic (exact) mass is 1890 g/mol. The van der Waals surface area contributed by atoms with Crippen molar-refractivity contribution in [2.75, 3.05) is 33.8 Å². The molecule has 3 aromatic heterocycles. The summed E-state index contributed by atoms with van der Waals surface area (Å²) in [5.41, 5.74) is 26.8. The van der Waals surface area contributed by atoms with Crippen molar-refractivity contribution in [1.29, 1.82) is 0 Å². The molecule has 5 heterocycles. The minimum absolute atomic E-state index is 0. The summed E-state index contributed by atoms with van der Waals surface area (Å²) in [6.07, 6.45) is 14.1. The van der Waals surface area contributed by atoms with Crippen molar-refractivity contribution in [1.82, 2.24) is 15.0 Å². The fourth-order valence-electron chi connectivity index (χ4n) is 12.2. The first-order valence-corrected chi connectivity index (χ1v) is 34.4. The van der Waals surface area contributed by atoms with Crippen molar-refractivity contribution in [2.45, 2.75) is 121 Å². The number of rotatable bonds is 15. The summed E-state index contributed by atoms with van der Waals surface area (Å²) in [6, 6.07) is 80.8. The Labute approximate surface area is 658 Å². The number of hydrogen-bond acceptors (Lipinski definition) is 9. The van der Waals surface area contributed by atoms with Crippen molar-refractivity contribution in [2.24, 2.45) is 0 Å². The van der Waals surface area contributed by atoms with Crippen molar-refractivity contribution in [3.8, 4) is 33.8 Å². The number of pyridine rings is 3. The number of para-hydroxylation sites is 2. The molecule has 0 spiro atoms. The van der Waals surface area contributed by atoms with Crippen LogP contribution in [0.25, 0.3) is 33.8 Å². The van der Waals surface area contributed by atoms with E-state index in [1.54, 1.807) is 46.0 Å². The van der Waals surface area contributed by atoms with Crippen LogP contribution in [0.1, 0.15) is 146 Å². The smallest absolute Gasteiger partial charge is 0.479 e. The number of nitrogens with zero attached hydrogens (tertiary/aromatic N) is 7. The number of aryl methyl sites for hydroxylation is 6. The first-order chi connectivity index (χ1) is 48.4. The first kappa shape index (κ1) is 85.2. The summed E-state index contributed by atoms with van der Waals surface area (Å²) >= 11 is 0. The van der Waals surface area contributed by atoms with Gasteiger partial charge in [0.2, 0.25) is 0 Å². The van der Waals surface area contributed by atoms with Crippen LogP contribution in [0.2, 0.25) is 0 Å². The largest absolute Gasteiger partial charge is 3.00 e. The number of methoxy groups -OCH3 is 2. The minimum atomic E-state index is 0. The van der Waals surface area contributed by atoms with Gasteiger partial charge in [0.1, 0.15) is 0 Å². The number of ether oxygens (including phenoxy) is 2. The molecule has 0 amide bonds. The van der Waals surface area contributed by atoms with E-state index in [0.29, 0.717) is 23.7 Å².